The van der Waals surface area contributed by atoms with Crippen molar-refractivity contribution in [1.29, 1.82) is 5.26 Å². The SMILES string of the molecule is N#CC1=C(N)Oc2n[nH]c(-c3ccccn3)c2C1c1ccncc1. The number of nitrogens with one attached hydrogen (secondary N) is 1. The normalized spacial score (nSPS) is 16.2. The van der Waals surface area contributed by atoms with Gasteiger partial charge in [0.15, 0.2) is 0 Å². The summed E-state index contributed by atoms with van der Waals surface area (Å²) >= 11 is 0. The number of hydrogen-bond acceptors (Lipinski definition) is 6. The van der Waals surface area contributed by atoms with E-state index in [1.807, 2.05) is 30.3 Å². The third-order valence-corrected chi connectivity index (χ3v) is 3.90. The molecule has 0 radical (unpaired) electrons. The fourth-order valence-electron chi connectivity index (χ4n) is 2.84. The van der Waals surface area contributed by atoms with Crippen molar-refractivity contribution in [2.24, 2.45) is 5.73 Å². The third kappa shape index (κ3) is 2.09. The molecule has 0 aromatic carbocycles. The Balaban J connectivity index is 1.96. The number of nitrogens with zero attached hydrogens (tertiary/aromatic N) is 4. The first-order valence-electron chi connectivity index (χ1n) is 7.26. The molecule has 3 aromatic rings. The van der Waals surface area contributed by atoms with Gasteiger partial charge in [0.05, 0.1) is 22.9 Å². The summed E-state index contributed by atoms with van der Waals surface area (Å²) in [6.45, 7) is 0. The maximum absolute atomic E-state index is 9.59. The van der Waals surface area contributed by atoms with E-state index in [0.29, 0.717) is 22.8 Å². The van der Waals surface area contributed by atoms with Crippen LogP contribution in [0, 0.1) is 11.3 Å². The highest BCUT2D eigenvalue weighted by molar-refractivity contribution is 5.68. The zero-order valence-corrected chi connectivity index (χ0v) is 12.5. The zero-order valence-electron chi connectivity index (χ0n) is 12.5. The smallest absolute Gasteiger partial charge is 0.244 e. The van der Waals surface area contributed by atoms with E-state index in [1.165, 1.54) is 0 Å². The lowest BCUT2D eigenvalue weighted by Gasteiger charge is -2.23. The molecule has 1 aliphatic heterocycles. The molecule has 1 aliphatic rings. The molecule has 1 unspecified atom stereocenters. The van der Waals surface area contributed by atoms with Crippen molar-refractivity contribution in [3.8, 4) is 23.3 Å². The van der Waals surface area contributed by atoms with Gasteiger partial charge in [-0.05, 0) is 29.8 Å². The molecule has 0 fully saturated rings. The van der Waals surface area contributed by atoms with Crippen molar-refractivity contribution in [3.05, 3.63) is 71.5 Å². The highest BCUT2D eigenvalue weighted by Gasteiger charge is 2.35. The minimum absolute atomic E-state index is 0.0610. The summed E-state index contributed by atoms with van der Waals surface area (Å²) in [6.07, 6.45) is 5.05. The van der Waals surface area contributed by atoms with E-state index in [9.17, 15) is 5.26 Å². The predicted molar refractivity (Wildman–Crippen MR) is 85.4 cm³/mol. The molecule has 0 spiro atoms. The van der Waals surface area contributed by atoms with Gasteiger partial charge >= 0.3 is 0 Å². The van der Waals surface area contributed by atoms with Gasteiger partial charge in [-0.3, -0.25) is 15.1 Å². The lowest BCUT2D eigenvalue weighted by Crippen LogP contribution is -2.21. The second-order valence-electron chi connectivity index (χ2n) is 5.24. The average Bonchev–Trinajstić information content (AvgIpc) is 3.05. The molecule has 4 rings (SSSR count). The molecule has 7 nitrogen and oxygen atoms in total. The molecule has 7 heteroatoms. The number of aromatic nitrogens is 4. The summed E-state index contributed by atoms with van der Waals surface area (Å²) in [5, 5.41) is 16.7. The van der Waals surface area contributed by atoms with Crippen molar-refractivity contribution in [2.75, 3.05) is 0 Å². The molecule has 0 aliphatic carbocycles. The summed E-state index contributed by atoms with van der Waals surface area (Å²) in [7, 11) is 0. The summed E-state index contributed by atoms with van der Waals surface area (Å²) in [5.41, 5.74) is 9.31. The quantitative estimate of drug-likeness (QED) is 0.748. The van der Waals surface area contributed by atoms with Crippen molar-refractivity contribution < 1.29 is 4.74 Å². The maximum Gasteiger partial charge on any atom is 0.244 e. The number of allylic oxidation sites excluding steroid dienone is 1. The molecular weight excluding hydrogens is 304 g/mol. The van der Waals surface area contributed by atoms with Crippen LogP contribution >= 0.6 is 0 Å². The van der Waals surface area contributed by atoms with E-state index in [4.69, 9.17) is 10.5 Å². The van der Waals surface area contributed by atoms with Crippen LogP contribution in [0.2, 0.25) is 0 Å². The first-order valence-corrected chi connectivity index (χ1v) is 7.26. The predicted octanol–water partition coefficient (Wildman–Crippen LogP) is 2.08. The minimum atomic E-state index is -0.391. The van der Waals surface area contributed by atoms with Crippen LogP contribution < -0.4 is 10.5 Å². The number of aromatic amines is 1. The van der Waals surface area contributed by atoms with E-state index >= 15 is 0 Å². The summed E-state index contributed by atoms with van der Waals surface area (Å²) in [5.74, 6) is 0.0253. The van der Waals surface area contributed by atoms with Crippen LogP contribution in [0.5, 0.6) is 5.88 Å². The topological polar surface area (TPSA) is 114 Å². The summed E-state index contributed by atoms with van der Waals surface area (Å²) < 4.78 is 5.54. The number of fused-ring (bicyclic) bond motifs is 1. The second-order valence-corrected chi connectivity index (χ2v) is 5.24. The first kappa shape index (κ1) is 14.0. The van der Waals surface area contributed by atoms with Crippen LogP contribution in [-0.4, -0.2) is 20.2 Å². The number of hydrogen-bond donors (Lipinski definition) is 2. The summed E-state index contributed by atoms with van der Waals surface area (Å²) in [6, 6.07) is 11.4. The Morgan fingerprint density at radius 2 is 2.00 bits per heavy atom. The third-order valence-electron chi connectivity index (χ3n) is 3.90. The number of pyridine rings is 2. The fraction of sp³-hybridized carbons (Fsp3) is 0.0588. The molecule has 1 atom stereocenters. The fourth-order valence-corrected chi connectivity index (χ4v) is 2.84. The van der Waals surface area contributed by atoms with Crippen LogP contribution in [0.1, 0.15) is 17.0 Å². The van der Waals surface area contributed by atoms with E-state index in [2.05, 4.69) is 26.2 Å². The number of rotatable bonds is 2. The maximum atomic E-state index is 9.59. The van der Waals surface area contributed by atoms with E-state index in [-0.39, 0.29) is 5.88 Å². The molecule has 3 N–H and O–H groups in total. The van der Waals surface area contributed by atoms with E-state index < -0.39 is 5.92 Å². The van der Waals surface area contributed by atoms with E-state index in [1.54, 1.807) is 18.6 Å². The monoisotopic (exact) mass is 316 g/mol. The van der Waals surface area contributed by atoms with Gasteiger partial charge in [0.2, 0.25) is 11.8 Å². The van der Waals surface area contributed by atoms with Gasteiger partial charge in [0.25, 0.3) is 0 Å². The number of ether oxygens (including phenoxy) is 1. The summed E-state index contributed by atoms with van der Waals surface area (Å²) in [4.78, 5) is 8.40. The van der Waals surface area contributed by atoms with Gasteiger partial charge in [-0.1, -0.05) is 6.07 Å². The Kier molecular flexibility index (Phi) is 3.21. The van der Waals surface area contributed by atoms with Gasteiger partial charge in [-0.15, -0.1) is 5.10 Å². The second kappa shape index (κ2) is 5.52. The Hall–Kier alpha value is -3.66. The standard InChI is InChI=1S/C17H12N6O/c18-9-11-13(10-4-7-20-8-5-10)14-15(12-3-1-2-6-21-12)22-23-17(14)24-16(11)19/h1-8,13H,19H2,(H,22,23). The molecule has 4 heterocycles. The van der Waals surface area contributed by atoms with Crippen molar-refractivity contribution >= 4 is 0 Å². The first-order chi connectivity index (χ1) is 11.8. The number of H-pyrrole nitrogens is 1. The van der Waals surface area contributed by atoms with Crippen LogP contribution in [-0.2, 0) is 0 Å². The molecule has 24 heavy (non-hydrogen) atoms. The minimum Gasteiger partial charge on any atom is -0.420 e. The molecule has 116 valence electrons. The van der Waals surface area contributed by atoms with Crippen LogP contribution in [0.3, 0.4) is 0 Å². The van der Waals surface area contributed by atoms with Crippen LogP contribution in [0.15, 0.2) is 60.4 Å². The zero-order chi connectivity index (χ0) is 16.5. The van der Waals surface area contributed by atoms with E-state index in [0.717, 1.165) is 11.1 Å². The largest absolute Gasteiger partial charge is 0.420 e. The van der Waals surface area contributed by atoms with Crippen LogP contribution in [0.25, 0.3) is 11.4 Å². The molecule has 0 saturated heterocycles. The molecule has 0 amide bonds. The van der Waals surface area contributed by atoms with Gasteiger partial charge < -0.3 is 10.5 Å². The lowest BCUT2D eigenvalue weighted by atomic mass is 9.84. The molecule has 0 bridgehead atoms. The Bertz CT molecular complexity index is 956. The van der Waals surface area contributed by atoms with Gasteiger partial charge in [-0.2, -0.15) is 5.26 Å². The van der Waals surface area contributed by atoms with Gasteiger partial charge in [-0.25, -0.2) is 0 Å². The van der Waals surface area contributed by atoms with Gasteiger partial charge in [0.1, 0.15) is 11.6 Å². The number of nitriles is 1. The Morgan fingerprint density at radius 1 is 1.17 bits per heavy atom. The number of nitrogens with two attached hydrogens (primary N) is 1. The van der Waals surface area contributed by atoms with Gasteiger partial charge in [0, 0.05) is 18.6 Å². The van der Waals surface area contributed by atoms with Crippen molar-refractivity contribution in [1.82, 2.24) is 20.2 Å². The van der Waals surface area contributed by atoms with Crippen LogP contribution in [0.4, 0.5) is 0 Å². The highest BCUT2D eigenvalue weighted by Crippen LogP contribution is 2.44. The van der Waals surface area contributed by atoms with Crippen molar-refractivity contribution in [3.63, 3.8) is 0 Å². The lowest BCUT2D eigenvalue weighted by molar-refractivity contribution is 0.379. The van der Waals surface area contributed by atoms with Crippen molar-refractivity contribution in [2.45, 2.75) is 5.92 Å². The molecular formula is C17H12N6O. The molecule has 0 saturated carbocycles. The highest BCUT2D eigenvalue weighted by atomic mass is 16.5. The molecule has 3 aromatic heterocycles. The Morgan fingerprint density at radius 3 is 2.71 bits per heavy atom. The Labute approximate surface area is 137 Å². The average molecular weight is 316 g/mol.